The molecular weight excluding hydrogens is 474 g/mol. The van der Waals surface area contributed by atoms with Crippen molar-refractivity contribution >= 4 is 27.5 Å². The maximum absolute atomic E-state index is 13.5. The van der Waals surface area contributed by atoms with Crippen molar-refractivity contribution in [1.29, 1.82) is 0 Å². The van der Waals surface area contributed by atoms with Gasteiger partial charge in [-0.3, -0.25) is 13.9 Å². The Kier molecular flexibility index (Phi) is 11.0. The first kappa shape index (κ1) is 29.4. The van der Waals surface area contributed by atoms with Crippen molar-refractivity contribution in [1.82, 2.24) is 10.2 Å². The second-order valence-electron chi connectivity index (χ2n) is 9.85. The Morgan fingerprint density at radius 3 is 2.19 bits per heavy atom. The lowest BCUT2D eigenvalue weighted by molar-refractivity contribution is -0.141. The highest BCUT2D eigenvalue weighted by Gasteiger charge is 2.29. The molecule has 1 atom stereocenters. The minimum Gasteiger partial charge on any atom is -0.354 e. The lowest BCUT2D eigenvalue weighted by atomic mass is 10.1. The average Bonchev–Trinajstić information content (AvgIpc) is 2.79. The van der Waals surface area contributed by atoms with Gasteiger partial charge in [-0.2, -0.15) is 0 Å². The summed E-state index contributed by atoms with van der Waals surface area (Å²) in [5, 5.41) is 2.97. The number of anilines is 1. The minimum atomic E-state index is -3.51. The van der Waals surface area contributed by atoms with Crippen molar-refractivity contribution < 1.29 is 18.0 Å². The molecular formula is C28H41N3O4S. The van der Waals surface area contributed by atoms with E-state index in [1.165, 1.54) is 10.6 Å². The third-order valence-electron chi connectivity index (χ3n) is 5.95. The Bertz CT molecular complexity index is 1130. The van der Waals surface area contributed by atoms with Gasteiger partial charge in [-0.1, -0.05) is 62.7 Å². The molecule has 0 radical (unpaired) electrons. The number of sulfonamides is 1. The summed E-state index contributed by atoms with van der Waals surface area (Å²) in [7, 11) is -3.51. The van der Waals surface area contributed by atoms with Crippen LogP contribution >= 0.6 is 0 Å². The molecule has 0 aromatic heterocycles. The van der Waals surface area contributed by atoms with Crippen LogP contribution in [0.15, 0.2) is 48.5 Å². The second kappa shape index (κ2) is 13.4. The van der Waals surface area contributed by atoms with Crippen molar-refractivity contribution in [3.05, 3.63) is 65.2 Å². The highest BCUT2D eigenvalue weighted by Crippen LogP contribution is 2.21. The predicted octanol–water partition coefficient (Wildman–Crippen LogP) is 4.43. The molecule has 36 heavy (non-hydrogen) atoms. The molecule has 2 aromatic rings. The molecule has 0 bridgehead atoms. The van der Waals surface area contributed by atoms with Crippen LogP contribution in [0, 0.1) is 19.8 Å². The number of nitrogens with zero attached hydrogens (tertiary/aromatic N) is 2. The van der Waals surface area contributed by atoms with Crippen LogP contribution in [0.25, 0.3) is 0 Å². The normalized spacial score (nSPS) is 12.3. The molecule has 0 saturated carbocycles. The van der Waals surface area contributed by atoms with Gasteiger partial charge in [0.05, 0.1) is 11.9 Å². The molecule has 8 heteroatoms. The number of hydrogen-bond donors (Lipinski definition) is 1. The van der Waals surface area contributed by atoms with Crippen LogP contribution in [0.3, 0.4) is 0 Å². The van der Waals surface area contributed by atoms with E-state index in [0.717, 1.165) is 16.7 Å². The summed E-state index contributed by atoms with van der Waals surface area (Å²) in [6.45, 7) is 10.9. The van der Waals surface area contributed by atoms with E-state index in [1.54, 1.807) is 11.0 Å². The monoisotopic (exact) mass is 515 g/mol. The SMILES string of the molecule is CC[C@@H](C(=O)NCC(C)C)N(Cc1cccc(C)c1)C(=O)CCCN(c1cccc(C)c1)S(C)(=O)=O. The zero-order valence-electron chi connectivity index (χ0n) is 22.5. The Morgan fingerprint density at radius 1 is 1.00 bits per heavy atom. The molecule has 198 valence electrons. The number of benzene rings is 2. The molecule has 2 amide bonds. The third-order valence-corrected chi connectivity index (χ3v) is 7.14. The van der Waals surface area contributed by atoms with Gasteiger partial charge in [0.25, 0.3) is 0 Å². The molecule has 1 N–H and O–H groups in total. The largest absolute Gasteiger partial charge is 0.354 e. The molecule has 7 nitrogen and oxygen atoms in total. The van der Waals surface area contributed by atoms with Crippen LogP contribution in [0.1, 0.15) is 56.7 Å². The maximum Gasteiger partial charge on any atom is 0.242 e. The van der Waals surface area contributed by atoms with Gasteiger partial charge in [0.15, 0.2) is 0 Å². The summed E-state index contributed by atoms with van der Waals surface area (Å²) in [6.07, 6.45) is 2.14. The second-order valence-corrected chi connectivity index (χ2v) is 11.8. The van der Waals surface area contributed by atoms with Gasteiger partial charge >= 0.3 is 0 Å². The Balaban J connectivity index is 2.21. The van der Waals surface area contributed by atoms with Gasteiger partial charge < -0.3 is 10.2 Å². The van der Waals surface area contributed by atoms with E-state index in [0.29, 0.717) is 37.5 Å². The predicted molar refractivity (Wildman–Crippen MR) is 146 cm³/mol. The highest BCUT2D eigenvalue weighted by atomic mass is 32.2. The number of carbonyl (C=O) groups is 2. The van der Waals surface area contributed by atoms with Crippen LogP contribution in [0.5, 0.6) is 0 Å². The average molecular weight is 516 g/mol. The minimum absolute atomic E-state index is 0.137. The van der Waals surface area contributed by atoms with Crippen molar-refractivity contribution in [2.75, 3.05) is 23.7 Å². The first-order valence-electron chi connectivity index (χ1n) is 12.6. The smallest absolute Gasteiger partial charge is 0.242 e. The van der Waals surface area contributed by atoms with E-state index in [9.17, 15) is 18.0 Å². The van der Waals surface area contributed by atoms with E-state index in [-0.39, 0.29) is 24.8 Å². The Labute approximate surface area is 216 Å². The van der Waals surface area contributed by atoms with Crippen molar-refractivity contribution in [2.45, 2.75) is 66.5 Å². The van der Waals surface area contributed by atoms with Gasteiger partial charge in [0.2, 0.25) is 21.8 Å². The number of amides is 2. The fraction of sp³-hybridized carbons (Fsp3) is 0.500. The molecule has 0 saturated heterocycles. The van der Waals surface area contributed by atoms with E-state index < -0.39 is 16.1 Å². The molecule has 0 unspecified atom stereocenters. The molecule has 0 aliphatic heterocycles. The molecule has 0 spiro atoms. The number of nitrogens with one attached hydrogen (secondary N) is 1. The summed E-state index contributed by atoms with van der Waals surface area (Å²) in [5.74, 6) is -0.0264. The van der Waals surface area contributed by atoms with Crippen molar-refractivity contribution in [3.8, 4) is 0 Å². The number of aryl methyl sites for hydroxylation is 2. The van der Waals surface area contributed by atoms with E-state index in [2.05, 4.69) is 5.32 Å². The molecule has 0 aliphatic rings. The molecule has 0 fully saturated rings. The summed E-state index contributed by atoms with van der Waals surface area (Å²) < 4.78 is 26.3. The third kappa shape index (κ3) is 8.97. The van der Waals surface area contributed by atoms with Gasteiger partial charge in [0, 0.05) is 26.1 Å². The first-order valence-corrected chi connectivity index (χ1v) is 14.4. The first-order chi connectivity index (χ1) is 16.9. The summed E-state index contributed by atoms with van der Waals surface area (Å²) in [6, 6.07) is 14.6. The zero-order chi connectivity index (χ0) is 26.9. The molecule has 0 aliphatic carbocycles. The van der Waals surface area contributed by atoms with E-state index in [1.807, 2.05) is 77.1 Å². The number of hydrogen-bond acceptors (Lipinski definition) is 4. The number of carbonyl (C=O) groups excluding carboxylic acids is 2. The van der Waals surface area contributed by atoms with E-state index in [4.69, 9.17) is 0 Å². The fourth-order valence-electron chi connectivity index (χ4n) is 4.14. The van der Waals surface area contributed by atoms with Crippen LogP contribution in [-0.2, 0) is 26.2 Å². The van der Waals surface area contributed by atoms with Crippen molar-refractivity contribution in [3.63, 3.8) is 0 Å². The summed E-state index contributed by atoms with van der Waals surface area (Å²) in [4.78, 5) is 28.1. The maximum atomic E-state index is 13.5. The van der Waals surface area contributed by atoms with Gasteiger partial charge in [-0.15, -0.1) is 0 Å². The molecule has 2 rings (SSSR count). The number of rotatable bonds is 13. The van der Waals surface area contributed by atoms with Crippen LogP contribution in [-0.4, -0.2) is 50.5 Å². The summed E-state index contributed by atoms with van der Waals surface area (Å²) in [5.41, 5.74) is 3.58. The lowest BCUT2D eigenvalue weighted by Gasteiger charge is -2.31. The standard InChI is InChI=1S/C28H41N3O4S/c1-7-26(28(33)29-19-21(2)3)30(20-24-13-8-11-22(4)17-24)27(32)15-10-16-31(36(6,34)35)25-14-9-12-23(5)18-25/h8-9,11-14,17-18,21,26H,7,10,15-16,19-20H2,1-6H3,(H,29,33)/t26-/m0/s1. The van der Waals surface area contributed by atoms with Gasteiger partial charge in [-0.25, -0.2) is 8.42 Å². The topological polar surface area (TPSA) is 86.8 Å². The van der Waals surface area contributed by atoms with E-state index >= 15 is 0 Å². The quantitative estimate of drug-likeness (QED) is 0.428. The summed E-state index contributed by atoms with van der Waals surface area (Å²) >= 11 is 0. The van der Waals surface area contributed by atoms with Crippen LogP contribution in [0.2, 0.25) is 0 Å². The Morgan fingerprint density at radius 2 is 1.64 bits per heavy atom. The molecule has 0 heterocycles. The van der Waals surface area contributed by atoms with Crippen molar-refractivity contribution in [2.24, 2.45) is 5.92 Å². The Hall–Kier alpha value is -2.87. The fourth-order valence-corrected chi connectivity index (χ4v) is 5.09. The highest BCUT2D eigenvalue weighted by molar-refractivity contribution is 7.92. The zero-order valence-corrected chi connectivity index (χ0v) is 23.3. The van der Waals surface area contributed by atoms with Crippen LogP contribution < -0.4 is 9.62 Å². The van der Waals surface area contributed by atoms with Gasteiger partial charge in [0.1, 0.15) is 6.04 Å². The molecule has 2 aromatic carbocycles. The van der Waals surface area contributed by atoms with Crippen LogP contribution in [0.4, 0.5) is 5.69 Å². The lowest BCUT2D eigenvalue weighted by Crippen LogP contribution is -2.49. The van der Waals surface area contributed by atoms with Gasteiger partial charge in [-0.05, 0) is 55.9 Å².